The third-order valence-corrected chi connectivity index (χ3v) is 4.89. The second-order valence-electron chi connectivity index (χ2n) is 4.92. The first kappa shape index (κ1) is 13.9. The first-order chi connectivity index (χ1) is 10.1. The van der Waals surface area contributed by atoms with Crippen LogP contribution < -0.4 is 0 Å². The quantitative estimate of drug-likeness (QED) is 0.746. The number of imidazole rings is 1. The molecule has 0 N–H and O–H groups in total. The fraction of sp³-hybridized carbons (Fsp3) is 0.250. The van der Waals surface area contributed by atoms with Gasteiger partial charge in [0.1, 0.15) is 5.82 Å². The third-order valence-electron chi connectivity index (χ3n) is 3.52. The molecule has 0 amide bonds. The van der Waals surface area contributed by atoms with Gasteiger partial charge in [-0.2, -0.15) is 0 Å². The molecule has 5 heteroatoms. The van der Waals surface area contributed by atoms with Crippen LogP contribution in [0.3, 0.4) is 0 Å². The Labute approximate surface area is 126 Å². The Kier molecular flexibility index (Phi) is 3.59. The molecule has 0 aliphatic heterocycles. The summed E-state index contributed by atoms with van der Waals surface area (Å²) in [5.41, 5.74) is 3.56. The van der Waals surface area contributed by atoms with Gasteiger partial charge in [-0.1, -0.05) is 25.1 Å². The first-order valence-electron chi connectivity index (χ1n) is 6.89. The van der Waals surface area contributed by atoms with Crippen molar-refractivity contribution in [1.82, 2.24) is 14.5 Å². The molecule has 0 spiro atoms. The molecule has 0 saturated heterocycles. The standard InChI is InChI=1S/C16H17N3OS/c1-4-21(20)14-8-6-5-7-12(14)16-18-15-13(19(16)3)10-9-11(2)17-15/h5-10H,4H2,1-3H3. The van der Waals surface area contributed by atoms with Crippen LogP contribution in [0.2, 0.25) is 0 Å². The van der Waals surface area contributed by atoms with Gasteiger partial charge in [0.15, 0.2) is 5.65 Å². The zero-order valence-electron chi connectivity index (χ0n) is 12.3. The fourth-order valence-corrected chi connectivity index (χ4v) is 3.36. The van der Waals surface area contributed by atoms with Crippen LogP contribution in [0.5, 0.6) is 0 Å². The van der Waals surface area contributed by atoms with Gasteiger partial charge in [0.05, 0.1) is 16.3 Å². The van der Waals surface area contributed by atoms with E-state index >= 15 is 0 Å². The normalized spacial score (nSPS) is 12.7. The lowest BCUT2D eigenvalue weighted by Crippen LogP contribution is -2.00. The Morgan fingerprint density at radius 2 is 1.90 bits per heavy atom. The largest absolute Gasteiger partial charge is 0.326 e. The lowest BCUT2D eigenvalue weighted by atomic mass is 10.2. The molecule has 2 aromatic heterocycles. The van der Waals surface area contributed by atoms with Gasteiger partial charge >= 0.3 is 0 Å². The minimum Gasteiger partial charge on any atom is -0.326 e. The molecule has 1 aromatic carbocycles. The van der Waals surface area contributed by atoms with Crippen LogP contribution in [0.4, 0.5) is 0 Å². The van der Waals surface area contributed by atoms with Crippen LogP contribution in [0.1, 0.15) is 12.6 Å². The highest BCUT2D eigenvalue weighted by molar-refractivity contribution is 7.85. The zero-order chi connectivity index (χ0) is 15.0. The third kappa shape index (κ3) is 2.38. The van der Waals surface area contributed by atoms with E-state index in [2.05, 4.69) is 9.97 Å². The summed E-state index contributed by atoms with van der Waals surface area (Å²) in [6.45, 7) is 3.88. The molecular formula is C16H17N3OS. The number of pyridine rings is 1. The molecule has 0 radical (unpaired) electrons. The number of aromatic nitrogens is 3. The van der Waals surface area contributed by atoms with Crippen molar-refractivity contribution >= 4 is 22.0 Å². The van der Waals surface area contributed by atoms with Gasteiger partial charge in [-0.15, -0.1) is 0 Å². The van der Waals surface area contributed by atoms with E-state index in [0.717, 1.165) is 33.1 Å². The Morgan fingerprint density at radius 3 is 2.67 bits per heavy atom. The van der Waals surface area contributed by atoms with Crippen LogP contribution in [-0.2, 0) is 17.8 Å². The van der Waals surface area contributed by atoms with Gasteiger partial charge in [0.25, 0.3) is 0 Å². The van der Waals surface area contributed by atoms with Gasteiger partial charge in [-0.3, -0.25) is 4.21 Å². The van der Waals surface area contributed by atoms with E-state index in [1.54, 1.807) is 0 Å². The van der Waals surface area contributed by atoms with Gasteiger partial charge in [-0.25, -0.2) is 9.97 Å². The first-order valence-corrected chi connectivity index (χ1v) is 8.21. The van der Waals surface area contributed by atoms with E-state index in [4.69, 9.17) is 0 Å². The number of nitrogens with zero attached hydrogens (tertiary/aromatic N) is 3. The van der Waals surface area contributed by atoms with Gasteiger partial charge < -0.3 is 4.57 Å². The van der Waals surface area contributed by atoms with Gasteiger partial charge in [-0.05, 0) is 25.1 Å². The SMILES string of the molecule is CCS(=O)c1ccccc1-c1nc2nc(C)ccc2n1C. The van der Waals surface area contributed by atoms with Crippen LogP contribution in [0.15, 0.2) is 41.3 Å². The summed E-state index contributed by atoms with van der Waals surface area (Å²) >= 11 is 0. The maximum absolute atomic E-state index is 12.2. The van der Waals surface area contributed by atoms with Crippen molar-refractivity contribution in [3.8, 4) is 11.4 Å². The Bertz CT molecular complexity index is 839. The number of benzene rings is 1. The van der Waals surface area contributed by atoms with Crippen molar-refractivity contribution in [2.24, 2.45) is 7.05 Å². The topological polar surface area (TPSA) is 47.8 Å². The van der Waals surface area contributed by atoms with Crippen LogP contribution in [0, 0.1) is 6.92 Å². The predicted molar refractivity (Wildman–Crippen MR) is 85.6 cm³/mol. The summed E-state index contributed by atoms with van der Waals surface area (Å²) in [4.78, 5) is 9.94. The molecule has 0 fully saturated rings. The minimum absolute atomic E-state index is 0.596. The summed E-state index contributed by atoms with van der Waals surface area (Å²) in [7, 11) is 0.955. The highest BCUT2D eigenvalue weighted by atomic mass is 32.2. The highest BCUT2D eigenvalue weighted by Crippen LogP contribution is 2.28. The number of hydrogen-bond acceptors (Lipinski definition) is 3. The Morgan fingerprint density at radius 1 is 1.14 bits per heavy atom. The van der Waals surface area contributed by atoms with E-state index < -0.39 is 10.8 Å². The molecule has 3 rings (SSSR count). The summed E-state index contributed by atoms with van der Waals surface area (Å²) in [6, 6.07) is 11.7. The maximum Gasteiger partial charge on any atom is 0.178 e. The molecule has 0 aliphatic carbocycles. The van der Waals surface area contributed by atoms with Crippen LogP contribution in [-0.4, -0.2) is 24.5 Å². The smallest absolute Gasteiger partial charge is 0.178 e. The average molecular weight is 299 g/mol. The molecule has 0 aliphatic rings. The van der Waals surface area contributed by atoms with Crippen molar-refractivity contribution < 1.29 is 4.21 Å². The van der Waals surface area contributed by atoms with Crippen LogP contribution in [0.25, 0.3) is 22.6 Å². The number of hydrogen-bond donors (Lipinski definition) is 0. The Balaban J connectivity index is 2.26. The molecule has 3 aromatic rings. The highest BCUT2D eigenvalue weighted by Gasteiger charge is 2.16. The molecule has 0 bridgehead atoms. The molecule has 1 atom stereocenters. The minimum atomic E-state index is -1.01. The van der Waals surface area contributed by atoms with Crippen molar-refractivity contribution in [2.45, 2.75) is 18.7 Å². The van der Waals surface area contributed by atoms with Crippen molar-refractivity contribution in [3.63, 3.8) is 0 Å². The van der Waals surface area contributed by atoms with Crippen molar-refractivity contribution in [1.29, 1.82) is 0 Å². The van der Waals surface area contributed by atoms with E-state index in [0.29, 0.717) is 5.75 Å². The summed E-state index contributed by atoms with van der Waals surface area (Å²) in [6.07, 6.45) is 0. The van der Waals surface area contributed by atoms with E-state index in [-0.39, 0.29) is 0 Å². The lowest BCUT2D eigenvalue weighted by molar-refractivity contribution is 0.684. The van der Waals surface area contributed by atoms with E-state index in [1.165, 1.54) is 0 Å². The van der Waals surface area contributed by atoms with Crippen molar-refractivity contribution in [2.75, 3.05) is 5.75 Å². The van der Waals surface area contributed by atoms with Crippen LogP contribution >= 0.6 is 0 Å². The number of aryl methyl sites for hydroxylation is 2. The Hall–Kier alpha value is -2.01. The summed E-state index contributed by atoms with van der Waals surface area (Å²) in [5, 5.41) is 0. The fourth-order valence-electron chi connectivity index (χ4n) is 2.42. The van der Waals surface area contributed by atoms with Crippen molar-refractivity contribution in [3.05, 3.63) is 42.1 Å². The molecule has 0 saturated carbocycles. The van der Waals surface area contributed by atoms with E-state index in [9.17, 15) is 4.21 Å². The average Bonchev–Trinajstić information content (AvgIpc) is 2.82. The molecule has 2 heterocycles. The molecule has 1 unspecified atom stereocenters. The second-order valence-corrected chi connectivity index (χ2v) is 6.63. The molecular weight excluding hydrogens is 282 g/mol. The number of fused-ring (bicyclic) bond motifs is 1. The zero-order valence-corrected chi connectivity index (χ0v) is 13.1. The monoisotopic (exact) mass is 299 g/mol. The molecule has 4 nitrogen and oxygen atoms in total. The van der Waals surface area contributed by atoms with Gasteiger partial charge in [0.2, 0.25) is 0 Å². The molecule has 21 heavy (non-hydrogen) atoms. The summed E-state index contributed by atoms with van der Waals surface area (Å²) in [5.74, 6) is 1.40. The predicted octanol–water partition coefficient (Wildman–Crippen LogP) is 3.07. The maximum atomic E-state index is 12.2. The summed E-state index contributed by atoms with van der Waals surface area (Å²) < 4.78 is 14.3. The van der Waals surface area contributed by atoms with E-state index in [1.807, 2.05) is 61.9 Å². The van der Waals surface area contributed by atoms with Gasteiger partial charge in [0, 0.05) is 29.0 Å². The molecule has 108 valence electrons. The second kappa shape index (κ2) is 5.41. The number of rotatable bonds is 3. The lowest BCUT2D eigenvalue weighted by Gasteiger charge is -2.08.